The molecule has 3 N–H and O–H groups in total. The molecule has 7 heteroatoms. The minimum atomic E-state index is -0.942. The Bertz CT molecular complexity index is 2590. The van der Waals surface area contributed by atoms with Gasteiger partial charge < -0.3 is 24.8 Å². The standard InChI is InChI=1S/C29H46O4.C27H46O2.C27H46O/c1-5-6-7-19(2)23-10-11-24-22-9-8-20-18-21(33-27(32)13-12-26(30)31)14-16-28(20,3)25(22)15-17-29(23,24)4;1-18(2)17-20(4)12-9-11-19(3)13-10-15-27(8)16-14-24-23(7)25(28)21(5)22(6)26(24)29-27;1-18(2)7-6-8-19(3)23-11-12-24-22-10-9-20-17-21(28)13-15-26(20,4)25(22)14-16-27(23,24)5/h8,19,21-25H,5-7,9-18H2,1-4H3,(H,30,31);18-20,28H,9-17H2,1-8H3;9,18-19,21-25,28H,6-8,10-17H2,1-5H3/t19-,21+,22+,23-,24+,25+,28+,29-;19-,20+,27-;19-,21+,22+,23-,24+,25+,26+,27-/m111/s1. The Balaban J connectivity index is 0.000000175. The zero-order valence-electron chi connectivity index (χ0n) is 61.2. The fraction of sp³-hybridized carbons (Fsp3) is 0.855. The number of benzene rings is 1. The second kappa shape index (κ2) is 30.9. The molecule has 0 bridgehead atoms. The summed E-state index contributed by atoms with van der Waals surface area (Å²) in [6, 6.07) is 0. The number of carboxylic acid groups (broad SMARTS) is 1. The Labute approximate surface area is 552 Å². The number of aliphatic hydroxyl groups is 1. The average molecular weight is 1250 g/mol. The molecular formula is C83H138O7. The lowest BCUT2D eigenvalue weighted by Crippen LogP contribution is -2.51. The number of carboxylic acids is 1. The normalized spacial score (nSPS) is 36.2. The van der Waals surface area contributed by atoms with E-state index in [0.29, 0.717) is 22.0 Å². The molecule has 0 unspecified atom stereocenters. The van der Waals surface area contributed by atoms with Gasteiger partial charge in [0.2, 0.25) is 0 Å². The van der Waals surface area contributed by atoms with Crippen molar-refractivity contribution >= 4 is 11.9 Å². The third kappa shape index (κ3) is 16.4. The highest BCUT2D eigenvalue weighted by Gasteiger charge is 2.61. The molecule has 0 spiro atoms. The average Bonchev–Trinajstić information content (AvgIpc) is 1.38. The van der Waals surface area contributed by atoms with Crippen molar-refractivity contribution < 1.29 is 34.4 Å². The molecule has 90 heavy (non-hydrogen) atoms. The van der Waals surface area contributed by atoms with Gasteiger partial charge in [-0.3, -0.25) is 9.59 Å². The number of carbonyl (C=O) groups is 2. The lowest BCUT2D eigenvalue weighted by Gasteiger charge is -2.58. The molecule has 512 valence electrons. The smallest absolute Gasteiger partial charge is 0.306 e. The Morgan fingerprint density at radius 3 is 1.70 bits per heavy atom. The first-order valence-electron chi connectivity index (χ1n) is 38.5. The van der Waals surface area contributed by atoms with E-state index in [9.17, 15) is 19.8 Å². The van der Waals surface area contributed by atoms with Crippen LogP contribution in [0.3, 0.4) is 0 Å². The van der Waals surface area contributed by atoms with Gasteiger partial charge in [0.25, 0.3) is 0 Å². The monoisotopic (exact) mass is 1250 g/mol. The summed E-state index contributed by atoms with van der Waals surface area (Å²) < 4.78 is 12.3. The van der Waals surface area contributed by atoms with Crippen LogP contribution in [0.5, 0.6) is 11.5 Å². The Morgan fingerprint density at radius 2 is 1.13 bits per heavy atom. The fourth-order valence-electron chi connectivity index (χ4n) is 22.7. The van der Waals surface area contributed by atoms with E-state index in [4.69, 9.17) is 14.6 Å². The number of aromatic hydroxyl groups is 1. The number of aliphatic carboxylic acids is 1. The third-order valence-electron chi connectivity index (χ3n) is 28.2. The summed E-state index contributed by atoms with van der Waals surface area (Å²) in [5.74, 6) is 12.3. The number of hydrogen-bond acceptors (Lipinski definition) is 6. The zero-order valence-corrected chi connectivity index (χ0v) is 61.2. The van der Waals surface area contributed by atoms with Crippen LogP contribution in [0.15, 0.2) is 23.3 Å². The van der Waals surface area contributed by atoms with Crippen LogP contribution in [-0.2, 0) is 20.7 Å². The summed E-state index contributed by atoms with van der Waals surface area (Å²) in [6.45, 7) is 40.4. The van der Waals surface area contributed by atoms with Crippen LogP contribution < -0.4 is 4.74 Å². The van der Waals surface area contributed by atoms with Gasteiger partial charge in [-0.1, -0.05) is 178 Å². The molecule has 0 radical (unpaired) electrons. The summed E-state index contributed by atoms with van der Waals surface area (Å²) in [6.07, 6.45) is 44.3. The highest BCUT2D eigenvalue weighted by atomic mass is 16.5. The molecule has 7 nitrogen and oxygen atoms in total. The topological polar surface area (TPSA) is 113 Å². The molecule has 0 saturated heterocycles. The van der Waals surface area contributed by atoms with Gasteiger partial charge in [-0.25, -0.2) is 0 Å². The summed E-state index contributed by atoms with van der Waals surface area (Å²) in [7, 11) is 0. The maximum Gasteiger partial charge on any atom is 0.306 e. The van der Waals surface area contributed by atoms with Crippen molar-refractivity contribution in [2.24, 2.45) is 105 Å². The Kier molecular flexibility index (Phi) is 25.1. The van der Waals surface area contributed by atoms with E-state index in [0.717, 1.165) is 157 Å². The molecule has 1 aromatic carbocycles. The van der Waals surface area contributed by atoms with Crippen LogP contribution in [0.1, 0.15) is 325 Å². The summed E-state index contributed by atoms with van der Waals surface area (Å²) in [4.78, 5) is 22.8. The molecular weight excluding hydrogens is 1110 g/mol. The van der Waals surface area contributed by atoms with E-state index in [1.807, 2.05) is 13.8 Å². The van der Waals surface area contributed by atoms with Gasteiger partial charge in [-0.05, 0) is 277 Å². The summed E-state index contributed by atoms with van der Waals surface area (Å²) >= 11 is 0. The number of rotatable bonds is 23. The van der Waals surface area contributed by atoms with E-state index in [-0.39, 0.29) is 42.0 Å². The van der Waals surface area contributed by atoms with Crippen molar-refractivity contribution in [1.29, 1.82) is 0 Å². The van der Waals surface area contributed by atoms with Crippen LogP contribution in [0.25, 0.3) is 0 Å². The molecule has 8 aliphatic carbocycles. The van der Waals surface area contributed by atoms with Gasteiger partial charge >= 0.3 is 11.9 Å². The predicted molar refractivity (Wildman–Crippen MR) is 375 cm³/mol. The number of allylic oxidation sites excluding steroid dienone is 2. The van der Waals surface area contributed by atoms with Gasteiger partial charge in [0, 0.05) is 12.0 Å². The molecule has 6 fully saturated rings. The van der Waals surface area contributed by atoms with Gasteiger partial charge in [-0.15, -0.1) is 0 Å². The van der Waals surface area contributed by atoms with Gasteiger partial charge in [0.15, 0.2) is 0 Å². The number of hydrogen-bond donors (Lipinski definition) is 3. The third-order valence-corrected chi connectivity index (χ3v) is 28.2. The number of carbonyl (C=O) groups excluding carboxylic acids is 1. The zero-order chi connectivity index (χ0) is 65.7. The second-order valence-electron chi connectivity index (χ2n) is 35.3. The minimum Gasteiger partial charge on any atom is -0.507 e. The molecule has 19 atom stereocenters. The van der Waals surface area contributed by atoms with E-state index >= 15 is 0 Å². The van der Waals surface area contributed by atoms with Crippen LogP contribution in [0, 0.1) is 125 Å². The van der Waals surface area contributed by atoms with Crippen molar-refractivity contribution in [2.75, 3.05) is 0 Å². The first-order chi connectivity index (χ1) is 42.5. The SMILES string of the molecule is CC(C)CCC[C@@H](C)[C@H]1CC[C@H]2[C@@H]3CC=C4C[C@@H](O)CC[C@]4(C)[C@H]3CC[C@]12C.CCCC[C@@H](C)[C@H]1CC[C@H]2[C@@H]3CC=C4C[C@@H](OC(=O)CCC(=O)O)CC[C@]4(C)[C@H]3CC[C@]12C.Cc1c(C)c2c(c(C)c1O)CC[C@@](C)(CCC[C@H](C)CCC[C@H](C)CC(C)C)O2. The molecule has 10 rings (SSSR count). The van der Waals surface area contributed by atoms with E-state index in [1.165, 1.54) is 159 Å². The second-order valence-corrected chi connectivity index (χ2v) is 35.3. The number of phenols is 1. The maximum absolute atomic E-state index is 12.1. The van der Waals surface area contributed by atoms with Crippen molar-refractivity contribution in [3.05, 3.63) is 45.6 Å². The van der Waals surface area contributed by atoms with Crippen molar-refractivity contribution in [2.45, 2.75) is 347 Å². The molecule has 1 aromatic rings. The highest BCUT2D eigenvalue weighted by molar-refractivity contribution is 5.76. The predicted octanol–water partition coefficient (Wildman–Crippen LogP) is 22.6. The van der Waals surface area contributed by atoms with Crippen LogP contribution in [0.2, 0.25) is 0 Å². The number of unbranched alkanes of at least 4 members (excludes halogenated alkanes) is 1. The number of fused-ring (bicyclic) bond motifs is 11. The lowest BCUT2D eigenvalue weighted by atomic mass is 9.47. The van der Waals surface area contributed by atoms with Gasteiger partial charge in [-0.2, -0.15) is 0 Å². The van der Waals surface area contributed by atoms with Gasteiger partial charge in [0.05, 0.1) is 18.9 Å². The van der Waals surface area contributed by atoms with Crippen LogP contribution in [-0.4, -0.2) is 45.1 Å². The summed E-state index contributed by atoms with van der Waals surface area (Å²) in [5, 5.41) is 29.4. The van der Waals surface area contributed by atoms with Crippen molar-refractivity contribution in [3.63, 3.8) is 0 Å². The van der Waals surface area contributed by atoms with E-state index < -0.39 is 5.97 Å². The van der Waals surface area contributed by atoms with Gasteiger partial charge in [0.1, 0.15) is 23.2 Å². The molecule has 6 saturated carbocycles. The van der Waals surface area contributed by atoms with Crippen LogP contribution >= 0.6 is 0 Å². The lowest BCUT2D eigenvalue weighted by molar-refractivity contribution is -0.154. The number of phenolic OH excluding ortho intramolecular Hbond substituents is 1. The molecule has 9 aliphatic rings. The van der Waals surface area contributed by atoms with E-state index in [1.54, 1.807) is 5.57 Å². The Morgan fingerprint density at radius 1 is 0.589 bits per heavy atom. The molecule has 1 heterocycles. The number of ether oxygens (including phenoxy) is 2. The quantitative estimate of drug-likeness (QED) is 0.0739. The first kappa shape index (κ1) is 73.0. The molecule has 1 aliphatic heterocycles. The van der Waals surface area contributed by atoms with Crippen LogP contribution in [0.4, 0.5) is 0 Å². The minimum absolute atomic E-state index is 0.0229. The maximum atomic E-state index is 12.1. The van der Waals surface area contributed by atoms with Crippen molar-refractivity contribution in [3.8, 4) is 11.5 Å². The van der Waals surface area contributed by atoms with E-state index in [2.05, 4.69) is 116 Å². The summed E-state index contributed by atoms with van der Waals surface area (Å²) in [5.41, 5.74) is 9.11. The first-order valence-corrected chi connectivity index (χ1v) is 38.5. The molecule has 0 aromatic heterocycles. The largest absolute Gasteiger partial charge is 0.507 e. The molecule has 0 amide bonds. The highest BCUT2D eigenvalue weighted by Crippen LogP contribution is 2.69. The van der Waals surface area contributed by atoms with Crippen molar-refractivity contribution in [1.82, 2.24) is 0 Å². The fourth-order valence-corrected chi connectivity index (χ4v) is 22.7. The Hall–Kier alpha value is -2.80. The number of aliphatic hydroxyl groups excluding tert-OH is 1. The number of esters is 1.